The molecule has 0 fully saturated rings. The van der Waals surface area contributed by atoms with Gasteiger partial charge in [-0.15, -0.1) is 4.99 Å². The number of aliphatic imine (C=N–C) groups is 1. The van der Waals surface area contributed by atoms with Gasteiger partial charge in [0.25, 0.3) is 0 Å². The van der Waals surface area contributed by atoms with Gasteiger partial charge in [-0.05, 0) is 54.2 Å². The predicted octanol–water partition coefficient (Wildman–Crippen LogP) is 5.28. The van der Waals surface area contributed by atoms with Gasteiger partial charge < -0.3 is 15.7 Å². The van der Waals surface area contributed by atoms with E-state index < -0.39 is 17.7 Å². The molecule has 34 heavy (non-hydrogen) atoms. The van der Waals surface area contributed by atoms with Gasteiger partial charge in [0.1, 0.15) is 0 Å². The summed E-state index contributed by atoms with van der Waals surface area (Å²) in [6, 6.07) is 6.88. The summed E-state index contributed by atoms with van der Waals surface area (Å²) in [6.45, 7) is 4.34. The van der Waals surface area contributed by atoms with Gasteiger partial charge in [0.2, 0.25) is 12.2 Å². The van der Waals surface area contributed by atoms with Gasteiger partial charge in [0.15, 0.2) is 0 Å². The molecule has 180 valence electrons. The first-order chi connectivity index (χ1) is 16.1. The molecule has 0 aliphatic rings. The number of carboxylic acids is 1. The lowest BCUT2D eigenvalue weighted by Crippen LogP contribution is -2.33. The van der Waals surface area contributed by atoms with E-state index in [4.69, 9.17) is 10.4 Å². The number of allylic oxidation sites excluding steroid dienone is 1. The first-order valence-corrected chi connectivity index (χ1v) is 10.6. The van der Waals surface area contributed by atoms with Crippen LogP contribution >= 0.6 is 0 Å². The normalized spacial score (nSPS) is 12.4. The highest BCUT2D eigenvalue weighted by molar-refractivity contribution is 5.95. The molecule has 0 unspecified atom stereocenters. The second-order valence-corrected chi connectivity index (χ2v) is 7.90. The van der Waals surface area contributed by atoms with Crippen molar-refractivity contribution < 1.29 is 23.1 Å². The first kappa shape index (κ1) is 26.4. The van der Waals surface area contributed by atoms with Crippen LogP contribution in [0.2, 0.25) is 0 Å². The first-order valence-electron chi connectivity index (χ1n) is 10.6. The molecule has 7 nitrogen and oxygen atoms in total. The Balaban J connectivity index is 2.53. The molecule has 10 heteroatoms. The monoisotopic (exact) mass is 473 g/mol. The summed E-state index contributed by atoms with van der Waals surface area (Å²) in [6.07, 6.45) is 2.44. The van der Waals surface area contributed by atoms with Crippen molar-refractivity contribution in [2.75, 3.05) is 11.9 Å². The maximum atomic E-state index is 13.7. The third-order valence-corrected chi connectivity index (χ3v) is 4.59. The lowest BCUT2D eigenvalue weighted by molar-refractivity contribution is -0.138. The van der Waals surface area contributed by atoms with Crippen LogP contribution in [0, 0.1) is 17.4 Å². The molecule has 0 amide bonds. The summed E-state index contributed by atoms with van der Waals surface area (Å²) < 4.78 is 41.2. The Hall–Kier alpha value is -3.87. The van der Waals surface area contributed by atoms with Crippen LogP contribution < -0.4 is 10.6 Å². The van der Waals surface area contributed by atoms with Crippen molar-refractivity contribution in [2.45, 2.75) is 39.3 Å². The van der Waals surface area contributed by atoms with Crippen LogP contribution in [-0.2, 0) is 11.0 Å². The number of carbonyl (C=O) groups is 1. The zero-order chi connectivity index (χ0) is 25.1. The molecule has 0 radical (unpaired) electrons. The SMILES string of the molecule is CC(C)CNC(=NC#N)Nc1cc(C(=CCCCC(=O)O)c2cccnc2)cc(C(F)(F)F)c1. The largest absolute Gasteiger partial charge is 0.481 e. The highest BCUT2D eigenvalue weighted by Crippen LogP contribution is 2.35. The van der Waals surface area contributed by atoms with E-state index in [1.807, 2.05) is 13.8 Å². The molecule has 1 aromatic carbocycles. The van der Waals surface area contributed by atoms with Gasteiger partial charge >= 0.3 is 12.1 Å². The van der Waals surface area contributed by atoms with Crippen LogP contribution in [0.1, 0.15) is 49.8 Å². The van der Waals surface area contributed by atoms with E-state index in [1.165, 1.54) is 12.3 Å². The average molecular weight is 473 g/mol. The van der Waals surface area contributed by atoms with Gasteiger partial charge in [-0.2, -0.15) is 18.4 Å². The minimum Gasteiger partial charge on any atom is -0.481 e. The van der Waals surface area contributed by atoms with Crippen molar-refractivity contribution >= 4 is 23.2 Å². The van der Waals surface area contributed by atoms with Crippen LogP contribution in [0.5, 0.6) is 0 Å². The standard InChI is InChI=1S/C24H26F3N5O2/c1-16(2)13-30-23(31-15-28)32-20-11-18(10-19(12-20)24(25,26)27)21(7-3-4-8-22(33)34)17-6-5-9-29-14-17/h5-7,9-12,14,16H,3-4,8,13H2,1-2H3,(H,33,34)(H2,30,31,32). The third kappa shape index (κ3) is 8.58. The minimum atomic E-state index is -4.62. The molecule has 0 saturated carbocycles. The number of nitrogens with one attached hydrogen (secondary N) is 2. The Kier molecular flexibility index (Phi) is 9.62. The van der Waals surface area contributed by atoms with Crippen molar-refractivity contribution in [3.8, 4) is 6.19 Å². The molecule has 3 N–H and O–H groups in total. The Bertz CT molecular complexity index is 1070. The van der Waals surface area contributed by atoms with Crippen molar-refractivity contribution in [1.82, 2.24) is 10.3 Å². The van der Waals surface area contributed by atoms with Gasteiger partial charge in [-0.1, -0.05) is 26.0 Å². The number of unbranched alkanes of at least 4 members (excludes halogenated alkanes) is 1. The topological polar surface area (TPSA) is 110 Å². The van der Waals surface area contributed by atoms with E-state index in [0.29, 0.717) is 30.5 Å². The number of halogens is 3. The Morgan fingerprint density at radius 3 is 2.65 bits per heavy atom. The average Bonchev–Trinajstić information content (AvgIpc) is 2.77. The van der Waals surface area contributed by atoms with Crippen LogP contribution in [0.3, 0.4) is 0 Å². The molecule has 2 rings (SSSR count). The number of hydrogen-bond donors (Lipinski definition) is 3. The number of hydrogen-bond acceptors (Lipinski definition) is 4. The number of alkyl halides is 3. The zero-order valence-corrected chi connectivity index (χ0v) is 18.9. The van der Waals surface area contributed by atoms with Crippen molar-refractivity contribution in [3.05, 3.63) is 65.5 Å². The molecular weight excluding hydrogens is 447 g/mol. The van der Waals surface area contributed by atoms with Gasteiger partial charge in [-0.3, -0.25) is 9.78 Å². The van der Waals surface area contributed by atoms with Crippen LogP contribution in [-0.4, -0.2) is 28.6 Å². The molecule has 2 aromatic rings. The Morgan fingerprint density at radius 2 is 2.06 bits per heavy atom. The fourth-order valence-corrected chi connectivity index (χ4v) is 3.04. The number of nitrogens with zero attached hydrogens (tertiary/aromatic N) is 3. The number of nitriles is 1. The van der Waals surface area contributed by atoms with Crippen molar-refractivity contribution in [2.24, 2.45) is 10.9 Å². The highest BCUT2D eigenvalue weighted by atomic mass is 19.4. The quantitative estimate of drug-likeness (QED) is 0.198. The van der Waals surface area contributed by atoms with Gasteiger partial charge in [0, 0.05) is 36.6 Å². The molecular formula is C24H26F3N5O2. The van der Waals surface area contributed by atoms with E-state index in [9.17, 15) is 18.0 Å². The maximum absolute atomic E-state index is 13.7. The molecule has 0 aliphatic heterocycles. The minimum absolute atomic E-state index is 0.0369. The van der Waals surface area contributed by atoms with Crippen LogP contribution in [0.15, 0.2) is 53.8 Å². The Labute approximate surface area is 196 Å². The number of carboxylic acid groups (broad SMARTS) is 1. The van der Waals surface area contributed by atoms with Crippen LogP contribution in [0.25, 0.3) is 5.57 Å². The highest BCUT2D eigenvalue weighted by Gasteiger charge is 2.31. The summed E-state index contributed by atoms with van der Waals surface area (Å²) >= 11 is 0. The second kappa shape index (κ2) is 12.4. The number of rotatable bonds is 9. The summed E-state index contributed by atoms with van der Waals surface area (Å²) in [5.74, 6) is -0.691. The smallest absolute Gasteiger partial charge is 0.416 e. The molecule has 1 heterocycles. The molecule has 0 bridgehead atoms. The summed E-state index contributed by atoms with van der Waals surface area (Å²) in [5.41, 5.74) is 0.553. The molecule has 1 aromatic heterocycles. The van der Waals surface area contributed by atoms with E-state index in [-0.39, 0.29) is 29.5 Å². The number of aliphatic carboxylic acids is 1. The maximum Gasteiger partial charge on any atom is 0.416 e. The van der Waals surface area contributed by atoms with Gasteiger partial charge in [-0.25, -0.2) is 0 Å². The lowest BCUT2D eigenvalue weighted by atomic mass is 9.95. The van der Waals surface area contributed by atoms with Crippen molar-refractivity contribution in [3.63, 3.8) is 0 Å². The second-order valence-electron chi connectivity index (χ2n) is 7.90. The zero-order valence-electron chi connectivity index (χ0n) is 18.9. The fourth-order valence-electron chi connectivity index (χ4n) is 3.04. The van der Waals surface area contributed by atoms with E-state index in [1.54, 1.807) is 30.6 Å². The summed E-state index contributed by atoms with van der Waals surface area (Å²) in [7, 11) is 0. The molecule has 0 atom stereocenters. The molecule has 0 spiro atoms. The van der Waals surface area contributed by atoms with Crippen LogP contribution in [0.4, 0.5) is 18.9 Å². The Morgan fingerprint density at radius 1 is 1.29 bits per heavy atom. The summed E-state index contributed by atoms with van der Waals surface area (Å²) in [5, 5.41) is 23.5. The third-order valence-electron chi connectivity index (χ3n) is 4.59. The summed E-state index contributed by atoms with van der Waals surface area (Å²) in [4.78, 5) is 18.5. The van der Waals surface area contributed by atoms with E-state index >= 15 is 0 Å². The molecule has 0 aliphatic carbocycles. The number of aromatic nitrogens is 1. The number of pyridine rings is 1. The number of anilines is 1. The number of benzene rings is 1. The van der Waals surface area contributed by atoms with E-state index in [0.717, 1.165) is 12.1 Å². The number of guanidine groups is 1. The fraction of sp³-hybridized carbons (Fsp3) is 0.333. The van der Waals surface area contributed by atoms with Crippen molar-refractivity contribution in [1.29, 1.82) is 5.26 Å². The van der Waals surface area contributed by atoms with Gasteiger partial charge in [0.05, 0.1) is 5.56 Å². The van der Waals surface area contributed by atoms with E-state index in [2.05, 4.69) is 20.6 Å². The lowest BCUT2D eigenvalue weighted by Gasteiger charge is -2.17. The predicted molar refractivity (Wildman–Crippen MR) is 124 cm³/mol. The molecule has 0 saturated heterocycles.